The molecule has 0 aromatic heterocycles. The standard InChI is InChI=1S/C14H18O3S/c1-10-9-11(17-2)5-6-12(10)18-14(13(15)16)7-3-4-8-14/h5-6,9H,3-4,7-8H2,1-2H3,(H,15,16). The Kier molecular flexibility index (Phi) is 3.85. The lowest BCUT2D eigenvalue weighted by Gasteiger charge is -2.24. The van der Waals surface area contributed by atoms with Gasteiger partial charge in [-0.25, -0.2) is 0 Å². The van der Waals surface area contributed by atoms with Crippen LogP contribution in [-0.2, 0) is 4.79 Å². The van der Waals surface area contributed by atoms with Gasteiger partial charge in [-0.05, 0) is 43.5 Å². The first-order valence-corrected chi connectivity index (χ1v) is 6.96. The second kappa shape index (κ2) is 5.22. The van der Waals surface area contributed by atoms with Crippen LogP contribution in [0.4, 0.5) is 0 Å². The Morgan fingerprint density at radius 2 is 2.06 bits per heavy atom. The van der Waals surface area contributed by atoms with Crippen molar-refractivity contribution in [3.05, 3.63) is 23.8 Å². The molecule has 1 aromatic carbocycles. The highest BCUT2D eigenvalue weighted by atomic mass is 32.2. The smallest absolute Gasteiger partial charge is 0.320 e. The largest absolute Gasteiger partial charge is 0.497 e. The number of methoxy groups -OCH3 is 1. The molecule has 18 heavy (non-hydrogen) atoms. The van der Waals surface area contributed by atoms with Crippen LogP contribution >= 0.6 is 11.8 Å². The lowest BCUT2D eigenvalue weighted by atomic mass is 10.1. The van der Waals surface area contributed by atoms with Crippen molar-refractivity contribution in [2.45, 2.75) is 42.2 Å². The van der Waals surface area contributed by atoms with Crippen molar-refractivity contribution in [2.75, 3.05) is 7.11 Å². The first kappa shape index (κ1) is 13.3. The van der Waals surface area contributed by atoms with Crippen LogP contribution in [0.25, 0.3) is 0 Å². The summed E-state index contributed by atoms with van der Waals surface area (Å²) in [5, 5.41) is 9.47. The van der Waals surface area contributed by atoms with E-state index in [4.69, 9.17) is 4.74 Å². The van der Waals surface area contributed by atoms with Crippen LogP contribution in [0.1, 0.15) is 31.2 Å². The number of hydrogen-bond acceptors (Lipinski definition) is 3. The third-order valence-corrected chi connectivity index (χ3v) is 5.14. The van der Waals surface area contributed by atoms with E-state index in [1.807, 2.05) is 25.1 Å². The fourth-order valence-electron chi connectivity index (χ4n) is 2.38. The number of carbonyl (C=O) groups is 1. The molecule has 1 fully saturated rings. The molecule has 1 aliphatic rings. The summed E-state index contributed by atoms with van der Waals surface area (Å²) in [6.07, 6.45) is 3.54. The van der Waals surface area contributed by atoms with Crippen LogP contribution in [0.3, 0.4) is 0 Å². The summed E-state index contributed by atoms with van der Waals surface area (Å²) < 4.78 is 4.54. The minimum atomic E-state index is -0.680. The number of carboxylic acid groups (broad SMARTS) is 1. The van der Waals surface area contributed by atoms with Crippen molar-refractivity contribution < 1.29 is 14.6 Å². The number of carboxylic acids is 1. The van der Waals surface area contributed by atoms with Gasteiger partial charge >= 0.3 is 5.97 Å². The Hall–Kier alpha value is -1.16. The van der Waals surface area contributed by atoms with Gasteiger partial charge in [0.1, 0.15) is 10.5 Å². The highest BCUT2D eigenvalue weighted by molar-refractivity contribution is 8.01. The van der Waals surface area contributed by atoms with Crippen molar-refractivity contribution >= 4 is 17.7 Å². The van der Waals surface area contributed by atoms with Crippen molar-refractivity contribution in [3.8, 4) is 5.75 Å². The SMILES string of the molecule is COc1ccc(SC2(C(=O)O)CCCC2)c(C)c1. The fraction of sp³-hybridized carbons (Fsp3) is 0.500. The van der Waals surface area contributed by atoms with E-state index in [9.17, 15) is 9.90 Å². The summed E-state index contributed by atoms with van der Waals surface area (Å²) in [7, 11) is 1.64. The Morgan fingerprint density at radius 1 is 1.39 bits per heavy atom. The number of rotatable bonds is 4. The van der Waals surface area contributed by atoms with Gasteiger partial charge in [0.2, 0.25) is 0 Å². The molecule has 0 atom stereocenters. The Morgan fingerprint density at radius 3 is 2.56 bits per heavy atom. The minimum absolute atomic E-state index is 0.626. The molecule has 1 N–H and O–H groups in total. The second-order valence-electron chi connectivity index (χ2n) is 4.74. The molecular formula is C14H18O3S. The molecule has 0 spiro atoms. The summed E-state index contributed by atoms with van der Waals surface area (Å²) >= 11 is 1.50. The van der Waals surface area contributed by atoms with Gasteiger partial charge in [0.05, 0.1) is 7.11 Å². The molecular weight excluding hydrogens is 248 g/mol. The predicted molar refractivity (Wildman–Crippen MR) is 72.4 cm³/mol. The zero-order valence-corrected chi connectivity index (χ0v) is 11.5. The molecule has 4 heteroatoms. The van der Waals surface area contributed by atoms with E-state index in [2.05, 4.69) is 0 Å². The number of ether oxygens (including phenoxy) is 1. The summed E-state index contributed by atoms with van der Waals surface area (Å²) in [5.41, 5.74) is 1.08. The van der Waals surface area contributed by atoms with E-state index in [1.54, 1.807) is 7.11 Å². The maximum atomic E-state index is 11.5. The number of aryl methyl sites for hydroxylation is 1. The van der Waals surface area contributed by atoms with Crippen molar-refractivity contribution in [1.29, 1.82) is 0 Å². The first-order valence-electron chi connectivity index (χ1n) is 6.14. The lowest BCUT2D eigenvalue weighted by Crippen LogP contribution is -2.31. The van der Waals surface area contributed by atoms with E-state index in [1.165, 1.54) is 11.8 Å². The highest BCUT2D eigenvalue weighted by Gasteiger charge is 2.42. The van der Waals surface area contributed by atoms with E-state index in [-0.39, 0.29) is 0 Å². The molecule has 0 radical (unpaired) electrons. The zero-order chi connectivity index (χ0) is 13.2. The van der Waals surface area contributed by atoms with Gasteiger partial charge in [0.25, 0.3) is 0 Å². The van der Waals surface area contributed by atoms with E-state index < -0.39 is 10.7 Å². The Bertz CT molecular complexity index is 450. The van der Waals surface area contributed by atoms with E-state index in [0.29, 0.717) is 0 Å². The van der Waals surface area contributed by atoms with E-state index in [0.717, 1.165) is 41.9 Å². The van der Waals surface area contributed by atoms with Gasteiger partial charge in [-0.2, -0.15) is 0 Å². The Balaban J connectivity index is 2.24. The van der Waals surface area contributed by atoms with Gasteiger partial charge in [0, 0.05) is 4.90 Å². The number of thioether (sulfide) groups is 1. The quantitative estimate of drug-likeness (QED) is 0.906. The second-order valence-corrected chi connectivity index (χ2v) is 6.17. The predicted octanol–water partition coefficient (Wildman–Crippen LogP) is 3.49. The van der Waals surface area contributed by atoms with E-state index >= 15 is 0 Å². The van der Waals surface area contributed by atoms with Crippen LogP contribution in [0.2, 0.25) is 0 Å². The molecule has 0 amide bonds. The first-order chi connectivity index (χ1) is 8.57. The third-order valence-electron chi connectivity index (χ3n) is 3.49. The van der Waals surface area contributed by atoms with Gasteiger partial charge in [0.15, 0.2) is 0 Å². The maximum absolute atomic E-state index is 11.5. The molecule has 98 valence electrons. The molecule has 0 saturated heterocycles. The molecule has 0 aliphatic heterocycles. The van der Waals surface area contributed by atoms with Crippen LogP contribution in [-0.4, -0.2) is 22.9 Å². The molecule has 1 saturated carbocycles. The molecule has 3 nitrogen and oxygen atoms in total. The van der Waals surface area contributed by atoms with Crippen molar-refractivity contribution in [1.82, 2.24) is 0 Å². The maximum Gasteiger partial charge on any atom is 0.320 e. The summed E-state index contributed by atoms with van der Waals surface area (Å²) in [5.74, 6) is 0.132. The summed E-state index contributed by atoms with van der Waals surface area (Å²) in [6.45, 7) is 2.00. The third kappa shape index (κ3) is 2.48. The van der Waals surface area contributed by atoms with Crippen LogP contribution < -0.4 is 4.74 Å². The average Bonchev–Trinajstić information content (AvgIpc) is 2.81. The normalized spacial score (nSPS) is 17.7. The van der Waals surface area contributed by atoms with Gasteiger partial charge < -0.3 is 9.84 Å². The highest BCUT2D eigenvalue weighted by Crippen LogP contribution is 2.46. The molecule has 0 unspecified atom stereocenters. The topological polar surface area (TPSA) is 46.5 Å². The lowest BCUT2D eigenvalue weighted by molar-refractivity contribution is -0.139. The van der Waals surface area contributed by atoms with Crippen molar-refractivity contribution in [2.24, 2.45) is 0 Å². The van der Waals surface area contributed by atoms with Crippen LogP contribution in [0, 0.1) is 6.92 Å². The summed E-state index contributed by atoms with van der Waals surface area (Å²) in [4.78, 5) is 12.6. The average molecular weight is 266 g/mol. The van der Waals surface area contributed by atoms with Gasteiger partial charge in [-0.15, -0.1) is 11.8 Å². The van der Waals surface area contributed by atoms with Crippen molar-refractivity contribution in [3.63, 3.8) is 0 Å². The van der Waals surface area contributed by atoms with Crippen LogP contribution in [0.5, 0.6) is 5.75 Å². The monoisotopic (exact) mass is 266 g/mol. The Labute approximate surface area is 112 Å². The number of aliphatic carboxylic acids is 1. The molecule has 1 aromatic rings. The molecule has 0 heterocycles. The molecule has 2 rings (SSSR count). The van der Waals surface area contributed by atoms with Gasteiger partial charge in [-0.3, -0.25) is 4.79 Å². The number of benzene rings is 1. The summed E-state index contributed by atoms with van der Waals surface area (Å²) in [6, 6.07) is 5.80. The molecule has 1 aliphatic carbocycles. The number of hydrogen-bond donors (Lipinski definition) is 1. The van der Waals surface area contributed by atoms with Gasteiger partial charge in [-0.1, -0.05) is 12.8 Å². The minimum Gasteiger partial charge on any atom is -0.497 e. The zero-order valence-electron chi connectivity index (χ0n) is 10.7. The fourth-order valence-corrected chi connectivity index (χ4v) is 3.74. The van der Waals surface area contributed by atoms with Crippen LogP contribution in [0.15, 0.2) is 23.1 Å². The molecule has 0 bridgehead atoms.